The van der Waals surface area contributed by atoms with Crippen LogP contribution >= 0.6 is 0 Å². The van der Waals surface area contributed by atoms with Gasteiger partial charge in [-0.15, -0.1) is 0 Å². The molecule has 0 aromatic carbocycles. The SMILES string of the molecule is CCC(N)CN(C)CC1CC2CCC1C2. The lowest BCUT2D eigenvalue weighted by Gasteiger charge is -2.28. The average Bonchev–Trinajstić information content (AvgIpc) is 2.78. The quantitative estimate of drug-likeness (QED) is 0.753. The molecular weight excluding hydrogens is 184 g/mol. The van der Waals surface area contributed by atoms with Crippen molar-refractivity contribution in [3.05, 3.63) is 0 Å². The van der Waals surface area contributed by atoms with E-state index in [0.717, 1.165) is 30.7 Å². The van der Waals surface area contributed by atoms with E-state index in [1.54, 1.807) is 0 Å². The van der Waals surface area contributed by atoms with Crippen molar-refractivity contribution in [1.82, 2.24) is 4.90 Å². The summed E-state index contributed by atoms with van der Waals surface area (Å²) in [5.41, 5.74) is 5.98. The summed E-state index contributed by atoms with van der Waals surface area (Å²) in [6, 6.07) is 0.369. The lowest BCUT2D eigenvalue weighted by molar-refractivity contribution is 0.210. The predicted octanol–water partition coefficient (Wildman–Crippen LogP) is 2.09. The zero-order chi connectivity index (χ0) is 10.8. The summed E-state index contributed by atoms with van der Waals surface area (Å²) in [7, 11) is 2.24. The smallest absolute Gasteiger partial charge is 0.0165 e. The number of fused-ring (bicyclic) bond motifs is 2. The summed E-state index contributed by atoms with van der Waals surface area (Å²) in [5.74, 6) is 3.11. The van der Waals surface area contributed by atoms with Crippen LogP contribution in [0.15, 0.2) is 0 Å². The van der Waals surface area contributed by atoms with Crippen LogP contribution in [-0.2, 0) is 0 Å². The molecule has 0 spiro atoms. The van der Waals surface area contributed by atoms with Crippen molar-refractivity contribution in [2.75, 3.05) is 20.1 Å². The van der Waals surface area contributed by atoms with E-state index in [9.17, 15) is 0 Å². The van der Waals surface area contributed by atoms with Crippen molar-refractivity contribution in [3.8, 4) is 0 Å². The van der Waals surface area contributed by atoms with Crippen molar-refractivity contribution < 1.29 is 0 Å². The molecule has 88 valence electrons. The van der Waals surface area contributed by atoms with E-state index in [0.29, 0.717) is 6.04 Å². The normalized spacial score (nSPS) is 36.4. The van der Waals surface area contributed by atoms with Gasteiger partial charge >= 0.3 is 0 Å². The van der Waals surface area contributed by atoms with Gasteiger partial charge in [-0.05, 0) is 50.5 Å². The minimum Gasteiger partial charge on any atom is -0.327 e. The first-order valence-electron chi connectivity index (χ1n) is 6.63. The molecule has 2 saturated carbocycles. The average molecular weight is 210 g/mol. The van der Waals surface area contributed by atoms with Crippen LogP contribution in [0.5, 0.6) is 0 Å². The molecule has 0 saturated heterocycles. The molecule has 2 fully saturated rings. The van der Waals surface area contributed by atoms with Crippen molar-refractivity contribution in [3.63, 3.8) is 0 Å². The third-order valence-electron chi connectivity index (χ3n) is 4.50. The summed E-state index contributed by atoms with van der Waals surface area (Å²) in [5, 5.41) is 0. The number of hydrogen-bond acceptors (Lipinski definition) is 2. The topological polar surface area (TPSA) is 29.3 Å². The molecule has 2 N–H and O–H groups in total. The van der Waals surface area contributed by atoms with E-state index < -0.39 is 0 Å². The van der Waals surface area contributed by atoms with E-state index in [-0.39, 0.29) is 0 Å². The number of rotatable bonds is 5. The van der Waals surface area contributed by atoms with Gasteiger partial charge in [-0.3, -0.25) is 0 Å². The Morgan fingerprint density at radius 3 is 2.67 bits per heavy atom. The lowest BCUT2D eigenvalue weighted by Crippen LogP contribution is -2.38. The Hall–Kier alpha value is -0.0800. The van der Waals surface area contributed by atoms with E-state index in [4.69, 9.17) is 5.73 Å². The maximum absolute atomic E-state index is 5.98. The van der Waals surface area contributed by atoms with Gasteiger partial charge in [-0.2, -0.15) is 0 Å². The van der Waals surface area contributed by atoms with Crippen LogP contribution in [0, 0.1) is 17.8 Å². The molecule has 2 aliphatic rings. The van der Waals surface area contributed by atoms with Crippen molar-refractivity contribution in [2.45, 2.75) is 45.1 Å². The Balaban J connectivity index is 1.72. The number of nitrogens with two attached hydrogens (primary N) is 1. The molecule has 2 aliphatic carbocycles. The molecule has 0 aromatic heterocycles. The fraction of sp³-hybridized carbons (Fsp3) is 1.00. The van der Waals surface area contributed by atoms with Gasteiger partial charge in [0.25, 0.3) is 0 Å². The highest BCUT2D eigenvalue weighted by molar-refractivity contribution is 4.91. The zero-order valence-electron chi connectivity index (χ0n) is 10.3. The van der Waals surface area contributed by atoms with Crippen molar-refractivity contribution >= 4 is 0 Å². The first-order chi connectivity index (χ1) is 7.19. The third-order valence-corrected chi connectivity index (χ3v) is 4.50. The summed E-state index contributed by atoms with van der Waals surface area (Å²) in [6.07, 6.45) is 7.14. The second-order valence-electron chi connectivity index (χ2n) is 5.82. The molecular formula is C13H26N2. The Bertz CT molecular complexity index is 205. The van der Waals surface area contributed by atoms with Gasteiger partial charge in [-0.1, -0.05) is 13.3 Å². The largest absolute Gasteiger partial charge is 0.327 e. The van der Waals surface area contributed by atoms with Crippen LogP contribution in [0.25, 0.3) is 0 Å². The summed E-state index contributed by atoms with van der Waals surface area (Å²) in [6.45, 7) is 4.54. The van der Waals surface area contributed by atoms with Crippen LogP contribution in [0.1, 0.15) is 39.0 Å². The number of likely N-dealkylation sites (N-methyl/N-ethyl adjacent to an activating group) is 1. The molecule has 0 aromatic rings. The minimum atomic E-state index is 0.369. The summed E-state index contributed by atoms with van der Waals surface area (Å²) >= 11 is 0. The lowest BCUT2D eigenvalue weighted by atomic mass is 9.88. The molecule has 0 amide bonds. The molecule has 0 heterocycles. The van der Waals surface area contributed by atoms with Gasteiger partial charge in [0.1, 0.15) is 0 Å². The highest BCUT2D eigenvalue weighted by Crippen LogP contribution is 2.48. The van der Waals surface area contributed by atoms with Gasteiger partial charge in [0.15, 0.2) is 0 Å². The molecule has 2 bridgehead atoms. The molecule has 15 heavy (non-hydrogen) atoms. The molecule has 2 nitrogen and oxygen atoms in total. The van der Waals surface area contributed by atoms with Gasteiger partial charge in [0, 0.05) is 19.1 Å². The highest BCUT2D eigenvalue weighted by atomic mass is 15.1. The Kier molecular flexibility index (Phi) is 3.68. The molecule has 0 radical (unpaired) electrons. The van der Waals surface area contributed by atoms with Gasteiger partial charge < -0.3 is 10.6 Å². The molecule has 0 aliphatic heterocycles. The van der Waals surface area contributed by atoms with Gasteiger partial charge in [0.2, 0.25) is 0 Å². The Morgan fingerprint density at radius 1 is 1.33 bits per heavy atom. The highest BCUT2D eigenvalue weighted by Gasteiger charge is 2.39. The predicted molar refractivity (Wildman–Crippen MR) is 64.7 cm³/mol. The van der Waals surface area contributed by atoms with Crippen molar-refractivity contribution in [1.29, 1.82) is 0 Å². The summed E-state index contributed by atoms with van der Waals surface area (Å²) in [4.78, 5) is 2.46. The van der Waals surface area contributed by atoms with E-state index in [1.165, 1.54) is 32.2 Å². The molecule has 4 unspecified atom stereocenters. The fourth-order valence-corrected chi connectivity index (χ4v) is 3.60. The fourth-order valence-electron chi connectivity index (χ4n) is 3.60. The second kappa shape index (κ2) is 4.84. The number of hydrogen-bond donors (Lipinski definition) is 1. The number of nitrogens with zero attached hydrogens (tertiary/aromatic N) is 1. The first kappa shape index (κ1) is 11.4. The Morgan fingerprint density at radius 2 is 2.13 bits per heavy atom. The first-order valence-corrected chi connectivity index (χ1v) is 6.63. The maximum Gasteiger partial charge on any atom is 0.0165 e. The van der Waals surface area contributed by atoms with Gasteiger partial charge in [-0.25, -0.2) is 0 Å². The van der Waals surface area contributed by atoms with Crippen molar-refractivity contribution in [2.24, 2.45) is 23.5 Å². The second-order valence-corrected chi connectivity index (χ2v) is 5.82. The van der Waals surface area contributed by atoms with E-state index in [2.05, 4.69) is 18.9 Å². The maximum atomic E-state index is 5.98. The van der Waals surface area contributed by atoms with Crippen LogP contribution < -0.4 is 5.73 Å². The van der Waals surface area contributed by atoms with Crippen LogP contribution in [0.4, 0.5) is 0 Å². The molecule has 2 heteroatoms. The zero-order valence-corrected chi connectivity index (χ0v) is 10.3. The third kappa shape index (κ3) is 2.73. The molecule has 2 rings (SSSR count). The monoisotopic (exact) mass is 210 g/mol. The van der Waals surface area contributed by atoms with Crippen LogP contribution in [0.2, 0.25) is 0 Å². The minimum absolute atomic E-state index is 0.369. The van der Waals surface area contributed by atoms with Crippen LogP contribution in [-0.4, -0.2) is 31.1 Å². The van der Waals surface area contributed by atoms with E-state index in [1.807, 2.05) is 0 Å². The molecule has 4 atom stereocenters. The standard InChI is InChI=1S/C13H26N2/c1-3-13(14)9-15(2)8-12-7-10-4-5-11(12)6-10/h10-13H,3-9,14H2,1-2H3. The van der Waals surface area contributed by atoms with E-state index >= 15 is 0 Å². The van der Waals surface area contributed by atoms with Crippen LogP contribution in [0.3, 0.4) is 0 Å². The summed E-state index contributed by atoms with van der Waals surface area (Å²) < 4.78 is 0. The Labute approximate surface area is 94.2 Å². The van der Waals surface area contributed by atoms with Gasteiger partial charge in [0.05, 0.1) is 0 Å².